The number of amides is 2. The lowest BCUT2D eigenvalue weighted by molar-refractivity contribution is -0.156. The number of ether oxygens (including phenoxy) is 1. The van der Waals surface area contributed by atoms with Crippen LogP contribution >= 0.6 is 0 Å². The van der Waals surface area contributed by atoms with E-state index >= 15 is 0 Å². The first-order valence-corrected chi connectivity index (χ1v) is 12.3. The molecule has 0 radical (unpaired) electrons. The lowest BCUT2D eigenvalue weighted by Crippen LogP contribution is -2.55. The van der Waals surface area contributed by atoms with Crippen molar-refractivity contribution in [2.75, 3.05) is 13.2 Å². The monoisotopic (exact) mass is 450 g/mol. The first-order chi connectivity index (χ1) is 15.2. The summed E-state index contributed by atoms with van der Waals surface area (Å²) in [6.07, 6.45) is 7.40. The van der Waals surface area contributed by atoms with Crippen molar-refractivity contribution >= 4 is 17.8 Å². The molecule has 1 aliphatic carbocycles. The SMILES string of the molecule is CCCC(C)NC(=O)[C@@H]1[C@H]2C=C[C@@H](CCC)[C@@H](C(=O)OCC)[C@@H]2C(=O)N1[C@@H](CO)C(C)C. The Morgan fingerprint density at radius 3 is 2.38 bits per heavy atom. The molecule has 1 aliphatic heterocycles. The number of esters is 1. The minimum atomic E-state index is -0.748. The van der Waals surface area contributed by atoms with E-state index in [-0.39, 0.29) is 48.9 Å². The first-order valence-electron chi connectivity index (χ1n) is 12.3. The van der Waals surface area contributed by atoms with Gasteiger partial charge in [0.15, 0.2) is 0 Å². The molecule has 0 aromatic rings. The molecule has 0 bridgehead atoms. The van der Waals surface area contributed by atoms with Gasteiger partial charge in [-0.2, -0.15) is 0 Å². The standard InChI is InChI=1S/C25H42N2O5/c1-7-10-16(6)26-23(29)22-18-13-12-17(11-8-2)20(25(31)32-9-3)21(18)24(30)27(22)19(14-28)15(4)5/h12-13,15-22,28H,7-11,14H2,1-6H3,(H,26,29)/t16?,17-,18+,19+,20-,21-,22+/m1/s1. The van der Waals surface area contributed by atoms with E-state index in [9.17, 15) is 19.5 Å². The lowest BCUT2D eigenvalue weighted by Gasteiger charge is -2.35. The van der Waals surface area contributed by atoms with Crippen LogP contribution in [0, 0.1) is 29.6 Å². The van der Waals surface area contributed by atoms with Crippen LogP contribution in [0.5, 0.6) is 0 Å². The van der Waals surface area contributed by atoms with E-state index in [1.807, 2.05) is 32.9 Å². The van der Waals surface area contributed by atoms with Crippen molar-refractivity contribution in [3.05, 3.63) is 12.2 Å². The van der Waals surface area contributed by atoms with E-state index in [1.54, 1.807) is 11.8 Å². The number of carbonyl (C=O) groups excluding carboxylic acids is 3. The average molecular weight is 451 g/mol. The Hall–Kier alpha value is -1.89. The van der Waals surface area contributed by atoms with Crippen molar-refractivity contribution in [1.82, 2.24) is 10.2 Å². The maximum Gasteiger partial charge on any atom is 0.310 e. The number of allylic oxidation sites excluding steroid dienone is 1. The van der Waals surface area contributed by atoms with Crippen molar-refractivity contribution in [1.29, 1.82) is 0 Å². The molecule has 2 rings (SSSR count). The second-order valence-corrected chi connectivity index (χ2v) is 9.60. The highest BCUT2D eigenvalue weighted by Crippen LogP contribution is 2.46. The van der Waals surface area contributed by atoms with Gasteiger partial charge in [0.25, 0.3) is 0 Å². The molecular formula is C25H42N2O5. The number of fused-ring (bicyclic) bond motifs is 1. The normalized spacial score (nSPS) is 29.1. The molecular weight excluding hydrogens is 408 g/mol. The third-order valence-electron chi connectivity index (χ3n) is 6.92. The van der Waals surface area contributed by atoms with Gasteiger partial charge in [-0.15, -0.1) is 0 Å². The van der Waals surface area contributed by atoms with E-state index in [0.29, 0.717) is 0 Å². The highest BCUT2D eigenvalue weighted by atomic mass is 16.5. The van der Waals surface area contributed by atoms with Crippen LogP contribution in [0.2, 0.25) is 0 Å². The van der Waals surface area contributed by atoms with Gasteiger partial charge in [0.05, 0.1) is 31.1 Å². The van der Waals surface area contributed by atoms with Crippen molar-refractivity contribution in [3.63, 3.8) is 0 Å². The van der Waals surface area contributed by atoms with Gasteiger partial charge in [-0.3, -0.25) is 14.4 Å². The zero-order chi connectivity index (χ0) is 24.0. The molecule has 7 atom stereocenters. The highest BCUT2D eigenvalue weighted by molar-refractivity contribution is 5.96. The van der Waals surface area contributed by atoms with Crippen LogP contribution in [-0.4, -0.2) is 59.1 Å². The zero-order valence-electron chi connectivity index (χ0n) is 20.5. The highest BCUT2D eigenvalue weighted by Gasteiger charge is 2.59. The number of nitrogens with one attached hydrogen (secondary N) is 1. The number of rotatable bonds is 11. The number of hydrogen-bond acceptors (Lipinski definition) is 5. The van der Waals surface area contributed by atoms with Crippen LogP contribution in [0.25, 0.3) is 0 Å². The second kappa shape index (κ2) is 11.8. The molecule has 2 amide bonds. The summed E-state index contributed by atoms with van der Waals surface area (Å²) in [5.74, 6) is -2.64. The number of carbonyl (C=O) groups is 3. The van der Waals surface area contributed by atoms with Gasteiger partial charge in [-0.25, -0.2) is 0 Å². The molecule has 0 saturated carbocycles. The third-order valence-corrected chi connectivity index (χ3v) is 6.92. The third kappa shape index (κ3) is 5.36. The van der Waals surface area contributed by atoms with Crippen molar-refractivity contribution in [2.24, 2.45) is 29.6 Å². The fraction of sp³-hybridized carbons (Fsp3) is 0.800. The van der Waals surface area contributed by atoms with E-state index in [2.05, 4.69) is 19.2 Å². The molecule has 1 heterocycles. The van der Waals surface area contributed by atoms with Gasteiger partial charge in [-0.1, -0.05) is 52.7 Å². The molecule has 32 heavy (non-hydrogen) atoms. The number of aliphatic hydroxyl groups excluding tert-OH is 1. The average Bonchev–Trinajstić information content (AvgIpc) is 3.01. The van der Waals surface area contributed by atoms with Gasteiger partial charge in [0.2, 0.25) is 11.8 Å². The molecule has 2 N–H and O–H groups in total. The van der Waals surface area contributed by atoms with Gasteiger partial charge in [-0.05, 0) is 38.5 Å². The molecule has 1 saturated heterocycles. The Morgan fingerprint density at radius 2 is 1.84 bits per heavy atom. The quantitative estimate of drug-likeness (QED) is 0.373. The molecule has 0 spiro atoms. The second-order valence-electron chi connectivity index (χ2n) is 9.60. The van der Waals surface area contributed by atoms with Crippen LogP contribution in [0.1, 0.15) is 67.2 Å². The van der Waals surface area contributed by atoms with Crippen LogP contribution in [0.3, 0.4) is 0 Å². The number of hydrogen-bond donors (Lipinski definition) is 2. The predicted molar refractivity (Wildman–Crippen MR) is 123 cm³/mol. The maximum absolute atomic E-state index is 13.8. The molecule has 0 aromatic heterocycles. The molecule has 7 nitrogen and oxygen atoms in total. The fourth-order valence-corrected chi connectivity index (χ4v) is 5.42. The van der Waals surface area contributed by atoms with Crippen LogP contribution in [-0.2, 0) is 19.1 Å². The summed E-state index contributed by atoms with van der Waals surface area (Å²) in [7, 11) is 0. The smallest absolute Gasteiger partial charge is 0.310 e. The van der Waals surface area contributed by atoms with Gasteiger partial charge in [0, 0.05) is 12.0 Å². The van der Waals surface area contributed by atoms with E-state index in [1.165, 1.54) is 0 Å². The zero-order valence-corrected chi connectivity index (χ0v) is 20.5. The Labute approximate surface area is 192 Å². The summed E-state index contributed by atoms with van der Waals surface area (Å²) in [6, 6.07) is -1.26. The first kappa shape index (κ1) is 26.4. The molecule has 1 fully saturated rings. The van der Waals surface area contributed by atoms with Crippen LogP contribution in [0.15, 0.2) is 12.2 Å². The number of aliphatic hydroxyl groups is 1. The molecule has 182 valence electrons. The summed E-state index contributed by atoms with van der Waals surface area (Å²) < 4.78 is 5.38. The minimum absolute atomic E-state index is 0.0172. The Morgan fingerprint density at radius 1 is 1.16 bits per heavy atom. The maximum atomic E-state index is 13.8. The van der Waals surface area contributed by atoms with E-state index in [0.717, 1.165) is 25.7 Å². The molecule has 2 aliphatic rings. The fourth-order valence-electron chi connectivity index (χ4n) is 5.42. The van der Waals surface area contributed by atoms with Gasteiger partial charge < -0.3 is 20.1 Å². The largest absolute Gasteiger partial charge is 0.466 e. The van der Waals surface area contributed by atoms with Gasteiger partial charge in [0.1, 0.15) is 6.04 Å². The summed E-state index contributed by atoms with van der Waals surface area (Å²) >= 11 is 0. The number of likely N-dealkylation sites (tertiary alicyclic amines) is 1. The summed E-state index contributed by atoms with van der Waals surface area (Å²) in [4.78, 5) is 41.9. The van der Waals surface area contributed by atoms with E-state index < -0.39 is 29.8 Å². The van der Waals surface area contributed by atoms with Gasteiger partial charge >= 0.3 is 5.97 Å². The van der Waals surface area contributed by atoms with Crippen molar-refractivity contribution in [2.45, 2.75) is 85.4 Å². The van der Waals surface area contributed by atoms with Crippen molar-refractivity contribution < 1.29 is 24.2 Å². The van der Waals surface area contributed by atoms with Crippen LogP contribution < -0.4 is 5.32 Å². The lowest BCUT2D eigenvalue weighted by atomic mass is 9.68. The summed E-state index contributed by atoms with van der Waals surface area (Å²) in [5, 5.41) is 13.2. The number of nitrogens with zero attached hydrogens (tertiary/aromatic N) is 1. The molecule has 7 heteroatoms. The molecule has 1 unspecified atom stereocenters. The predicted octanol–water partition coefficient (Wildman–Crippen LogP) is 2.92. The Bertz CT molecular complexity index is 692. The topological polar surface area (TPSA) is 95.9 Å². The Kier molecular flexibility index (Phi) is 9.74. The summed E-state index contributed by atoms with van der Waals surface area (Å²) in [6.45, 7) is 11.7. The Balaban J connectivity index is 2.52. The van der Waals surface area contributed by atoms with Crippen LogP contribution in [0.4, 0.5) is 0 Å². The summed E-state index contributed by atoms with van der Waals surface area (Å²) in [5.41, 5.74) is 0. The van der Waals surface area contributed by atoms with E-state index in [4.69, 9.17) is 4.74 Å². The minimum Gasteiger partial charge on any atom is -0.466 e. The van der Waals surface area contributed by atoms with Crippen molar-refractivity contribution in [3.8, 4) is 0 Å². The molecule has 0 aromatic carbocycles.